The number of nitrogens with zero attached hydrogens (tertiary/aromatic N) is 2. The molecule has 40 heavy (non-hydrogen) atoms. The van der Waals surface area contributed by atoms with Crippen molar-refractivity contribution in [3.63, 3.8) is 0 Å². The molecule has 6 aromatic carbocycles. The Balaban J connectivity index is 1.36. The number of para-hydroxylation sites is 2. The standard InChI is InChI=1S/C38H22N2/c1-3-9-23-21(7-1)19-29-25(23)15-17-31-35(29)27-11-5-13-33-37(27)39(31)34-14-6-12-28-36-30-20-22-8-2-4-10-24(22)26(30)16-18-32(36)40(33)38(28)34/h1-18H,19-20H2. The first-order chi connectivity index (χ1) is 19.9. The van der Waals surface area contributed by atoms with E-state index in [4.69, 9.17) is 0 Å². The third-order valence-electron chi connectivity index (χ3n) is 9.91. The molecule has 0 radical (unpaired) electrons. The second kappa shape index (κ2) is 6.55. The monoisotopic (exact) mass is 506 g/mol. The van der Waals surface area contributed by atoms with Crippen LogP contribution in [0.1, 0.15) is 22.3 Å². The Bertz CT molecular complexity index is 2410. The van der Waals surface area contributed by atoms with Crippen LogP contribution in [0, 0.1) is 0 Å². The highest BCUT2D eigenvalue weighted by atomic mass is 15.0. The number of hydrogen-bond donors (Lipinski definition) is 0. The van der Waals surface area contributed by atoms with Gasteiger partial charge < -0.3 is 8.80 Å². The van der Waals surface area contributed by atoms with E-state index in [0.717, 1.165) is 12.8 Å². The van der Waals surface area contributed by atoms with Gasteiger partial charge in [-0.2, -0.15) is 0 Å². The minimum atomic E-state index is 0.998. The van der Waals surface area contributed by atoms with Gasteiger partial charge >= 0.3 is 0 Å². The molecule has 184 valence electrons. The number of aromatic nitrogens is 2. The van der Waals surface area contributed by atoms with E-state index in [2.05, 4.69) is 118 Å². The fourth-order valence-electron chi connectivity index (χ4n) is 8.41. The third-order valence-corrected chi connectivity index (χ3v) is 9.91. The molecule has 0 saturated carbocycles. The van der Waals surface area contributed by atoms with Crippen LogP contribution in [0.15, 0.2) is 109 Å². The molecule has 2 heteroatoms. The average Bonchev–Trinajstić information content (AvgIpc) is 3.74. The molecular formula is C38H22N2. The van der Waals surface area contributed by atoms with Crippen LogP contribution in [0.2, 0.25) is 0 Å². The maximum atomic E-state index is 2.56. The molecule has 0 amide bonds. The Morgan fingerprint density at radius 3 is 1.35 bits per heavy atom. The molecule has 0 atom stereocenters. The maximum Gasteiger partial charge on any atom is 0.0783 e. The van der Waals surface area contributed by atoms with Crippen molar-refractivity contribution < 1.29 is 0 Å². The lowest BCUT2D eigenvalue weighted by Crippen LogP contribution is -1.96. The highest BCUT2D eigenvalue weighted by molar-refractivity contribution is 6.24. The highest BCUT2D eigenvalue weighted by Gasteiger charge is 2.28. The topological polar surface area (TPSA) is 8.82 Å². The predicted molar refractivity (Wildman–Crippen MR) is 166 cm³/mol. The summed E-state index contributed by atoms with van der Waals surface area (Å²) in [6, 6.07) is 41.1. The van der Waals surface area contributed by atoms with Gasteiger partial charge in [0.1, 0.15) is 0 Å². The summed E-state index contributed by atoms with van der Waals surface area (Å²) in [6.07, 6.45) is 2.00. The Morgan fingerprint density at radius 1 is 0.375 bits per heavy atom. The summed E-state index contributed by atoms with van der Waals surface area (Å²) in [6.45, 7) is 0. The van der Waals surface area contributed by atoms with Gasteiger partial charge in [0.2, 0.25) is 0 Å². The molecule has 0 N–H and O–H groups in total. The van der Waals surface area contributed by atoms with Gasteiger partial charge in [0.25, 0.3) is 0 Å². The zero-order valence-electron chi connectivity index (χ0n) is 21.7. The molecule has 0 aliphatic heterocycles. The Labute approximate surface area is 229 Å². The normalized spacial score (nSPS) is 13.8. The van der Waals surface area contributed by atoms with Crippen LogP contribution in [0.25, 0.3) is 76.9 Å². The molecule has 9 aromatic rings. The molecule has 2 aliphatic carbocycles. The van der Waals surface area contributed by atoms with Gasteiger partial charge in [-0.15, -0.1) is 0 Å². The molecule has 0 unspecified atom stereocenters. The van der Waals surface area contributed by atoms with E-state index < -0.39 is 0 Å². The fraction of sp³-hybridized carbons (Fsp3) is 0.0526. The van der Waals surface area contributed by atoms with E-state index in [9.17, 15) is 0 Å². The molecule has 2 aliphatic rings. The highest BCUT2D eigenvalue weighted by Crippen LogP contribution is 2.48. The molecule has 2 nitrogen and oxygen atoms in total. The molecule has 11 rings (SSSR count). The van der Waals surface area contributed by atoms with Crippen LogP contribution in [0.4, 0.5) is 0 Å². The third kappa shape index (κ3) is 2.08. The minimum Gasteiger partial charge on any atom is -0.305 e. The Kier molecular flexibility index (Phi) is 3.26. The summed E-state index contributed by atoms with van der Waals surface area (Å²) in [5, 5.41) is 5.54. The van der Waals surface area contributed by atoms with Crippen LogP contribution in [-0.4, -0.2) is 8.80 Å². The maximum absolute atomic E-state index is 2.56. The second-order valence-electron chi connectivity index (χ2n) is 11.7. The van der Waals surface area contributed by atoms with Crippen molar-refractivity contribution in [2.75, 3.05) is 0 Å². The van der Waals surface area contributed by atoms with Gasteiger partial charge in [0.05, 0.1) is 33.1 Å². The van der Waals surface area contributed by atoms with Crippen LogP contribution in [-0.2, 0) is 12.8 Å². The van der Waals surface area contributed by atoms with Crippen LogP contribution < -0.4 is 0 Å². The summed E-state index contributed by atoms with van der Waals surface area (Å²) in [5.41, 5.74) is 19.2. The quantitative estimate of drug-likeness (QED) is 0.181. The van der Waals surface area contributed by atoms with Crippen molar-refractivity contribution in [2.45, 2.75) is 12.8 Å². The van der Waals surface area contributed by atoms with Gasteiger partial charge in [0, 0.05) is 21.5 Å². The van der Waals surface area contributed by atoms with Crippen LogP contribution in [0.3, 0.4) is 0 Å². The molecule has 3 aromatic heterocycles. The average molecular weight is 507 g/mol. The summed E-state index contributed by atoms with van der Waals surface area (Å²) >= 11 is 0. The van der Waals surface area contributed by atoms with E-state index in [1.54, 1.807) is 0 Å². The Hall–Kier alpha value is -5.08. The number of hydrogen-bond acceptors (Lipinski definition) is 0. The number of fused-ring (bicyclic) bond motifs is 16. The van der Waals surface area contributed by atoms with Crippen molar-refractivity contribution in [3.8, 4) is 22.3 Å². The molecule has 0 saturated heterocycles. The van der Waals surface area contributed by atoms with E-state index in [1.807, 2.05) is 0 Å². The fourth-order valence-corrected chi connectivity index (χ4v) is 8.41. The van der Waals surface area contributed by atoms with Gasteiger partial charge in [-0.1, -0.05) is 84.9 Å². The van der Waals surface area contributed by atoms with Gasteiger partial charge in [0.15, 0.2) is 0 Å². The van der Waals surface area contributed by atoms with E-state index in [0.29, 0.717) is 0 Å². The molecule has 0 spiro atoms. The first-order valence-corrected chi connectivity index (χ1v) is 14.2. The van der Waals surface area contributed by atoms with E-state index in [-0.39, 0.29) is 0 Å². The molecule has 0 fully saturated rings. The summed E-state index contributed by atoms with van der Waals surface area (Å²) in [5.74, 6) is 0. The number of benzene rings is 6. The van der Waals surface area contributed by atoms with Gasteiger partial charge in [-0.3, -0.25) is 0 Å². The van der Waals surface area contributed by atoms with Gasteiger partial charge in [-0.05, 0) is 81.6 Å². The van der Waals surface area contributed by atoms with E-state index in [1.165, 1.54) is 99.2 Å². The van der Waals surface area contributed by atoms with Crippen LogP contribution in [0.5, 0.6) is 0 Å². The zero-order valence-corrected chi connectivity index (χ0v) is 21.7. The molecular weight excluding hydrogens is 484 g/mol. The van der Waals surface area contributed by atoms with Crippen LogP contribution >= 0.6 is 0 Å². The first kappa shape index (κ1) is 19.9. The summed E-state index contributed by atoms with van der Waals surface area (Å²) < 4.78 is 5.11. The lowest BCUT2D eigenvalue weighted by atomic mass is 10.0. The largest absolute Gasteiger partial charge is 0.305 e. The van der Waals surface area contributed by atoms with Crippen molar-refractivity contribution >= 4 is 54.6 Å². The first-order valence-electron chi connectivity index (χ1n) is 14.2. The van der Waals surface area contributed by atoms with Crippen molar-refractivity contribution in [2.24, 2.45) is 0 Å². The minimum absolute atomic E-state index is 0.998. The molecule has 0 bridgehead atoms. The lowest BCUT2D eigenvalue weighted by molar-refractivity contribution is 1.25. The second-order valence-corrected chi connectivity index (χ2v) is 11.7. The predicted octanol–water partition coefficient (Wildman–Crippen LogP) is 9.38. The van der Waals surface area contributed by atoms with Gasteiger partial charge in [-0.25, -0.2) is 0 Å². The van der Waals surface area contributed by atoms with E-state index >= 15 is 0 Å². The van der Waals surface area contributed by atoms with Crippen molar-refractivity contribution in [1.29, 1.82) is 0 Å². The zero-order chi connectivity index (χ0) is 25.7. The Morgan fingerprint density at radius 2 is 0.850 bits per heavy atom. The number of rotatable bonds is 0. The lowest BCUT2D eigenvalue weighted by Gasteiger charge is -2.11. The summed E-state index contributed by atoms with van der Waals surface area (Å²) in [4.78, 5) is 0. The SMILES string of the molecule is c1ccc2c(c1)Cc1c-2ccc2c1c1cccc3c1n2c1cccc2c4c5c(ccc4n3c21)-c1ccccc1C5. The molecule has 3 heterocycles. The van der Waals surface area contributed by atoms with Crippen molar-refractivity contribution in [1.82, 2.24) is 8.80 Å². The smallest absolute Gasteiger partial charge is 0.0783 e. The van der Waals surface area contributed by atoms with Crippen molar-refractivity contribution in [3.05, 3.63) is 131 Å². The summed E-state index contributed by atoms with van der Waals surface area (Å²) in [7, 11) is 0.